The quantitative estimate of drug-likeness (QED) is 0.371. The summed E-state index contributed by atoms with van der Waals surface area (Å²) in [4.78, 5) is 6.76. The van der Waals surface area contributed by atoms with Crippen molar-refractivity contribution in [2.75, 3.05) is 32.5 Å². The van der Waals surface area contributed by atoms with Crippen LogP contribution in [0.15, 0.2) is 40.2 Å². The number of piperidine rings is 1. The van der Waals surface area contributed by atoms with Crippen LogP contribution in [-0.2, 0) is 12.5 Å². The van der Waals surface area contributed by atoms with Crippen LogP contribution >= 0.6 is 24.2 Å². The first kappa shape index (κ1) is 22.2. The van der Waals surface area contributed by atoms with Gasteiger partial charge in [-0.05, 0) is 49.9 Å². The third kappa shape index (κ3) is 4.08. The number of nitrogens with zero attached hydrogens (tertiary/aromatic N) is 5. The zero-order valence-electron chi connectivity index (χ0n) is 18.1. The highest BCUT2D eigenvalue weighted by Gasteiger charge is 2.60. The van der Waals surface area contributed by atoms with Gasteiger partial charge in [0.05, 0.1) is 12.8 Å². The lowest BCUT2D eigenvalue weighted by atomic mass is 9.95. The van der Waals surface area contributed by atoms with Gasteiger partial charge in [0.15, 0.2) is 17.3 Å². The normalized spacial score (nSPS) is 22.2. The van der Waals surface area contributed by atoms with E-state index >= 15 is 0 Å². The first-order chi connectivity index (χ1) is 14.6. The van der Waals surface area contributed by atoms with E-state index in [4.69, 9.17) is 9.15 Å². The Labute approximate surface area is 193 Å². The summed E-state index contributed by atoms with van der Waals surface area (Å²) in [6, 6.07) is 8.64. The molecule has 1 saturated heterocycles. The van der Waals surface area contributed by atoms with E-state index < -0.39 is 0 Å². The summed E-state index contributed by atoms with van der Waals surface area (Å²) in [5.41, 5.74) is 2.63. The number of oxazole rings is 1. The number of hydrogen-bond donors (Lipinski definition) is 0. The molecule has 9 heteroatoms. The second-order valence-electron chi connectivity index (χ2n) is 8.36. The van der Waals surface area contributed by atoms with Crippen molar-refractivity contribution in [1.29, 1.82) is 0 Å². The van der Waals surface area contributed by atoms with Crippen LogP contribution in [0.1, 0.15) is 24.1 Å². The van der Waals surface area contributed by atoms with Crippen molar-refractivity contribution in [2.45, 2.75) is 30.3 Å². The number of hydrogen-bond acceptors (Lipinski definition) is 7. The van der Waals surface area contributed by atoms with E-state index in [1.165, 1.54) is 24.9 Å². The summed E-state index contributed by atoms with van der Waals surface area (Å²) in [5, 5.41) is 9.53. The Morgan fingerprint density at radius 2 is 2.19 bits per heavy atom. The van der Waals surface area contributed by atoms with E-state index in [1.807, 2.05) is 24.6 Å². The Balaban J connectivity index is 0.00000231. The van der Waals surface area contributed by atoms with Gasteiger partial charge in [0.2, 0.25) is 5.82 Å². The van der Waals surface area contributed by atoms with Crippen LogP contribution in [0.25, 0.3) is 11.6 Å². The lowest BCUT2D eigenvalue weighted by Crippen LogP contribution is -2.27. The van der Waals surface area contributed by atoms with Crippen molar-refractivity contribution < 1.29 is 9.15 Å². The molecule has 0 bridgehead atoms. The number of benzene rings is 1. The minimum atomic E-state index is 0. The van der Waals surface area contributed by atoms with Gasteiger partial charge < -0.3 is 18.6 Å². The Morgan fingerprint density at radius 3 is 2.97 bits per heavy atom. The molecule has 0 amide bonds. The van der Waals surface area contributed by atoms with Crippen LogP contribution in [0, 0.1) is 12.8 Å². The summed E-state index contributed by atoms with van der Waals surface area (Å²) in [6.07, 6.45) is 3.90. The van der Waals surface area contributed by atoms with Gasteiger partial charge in [-0.2, -0.15) is 0 Å². The first-order valence-electron chi connectivity index (χ1n) is 10.4. The van der Waals surface area contributed by atoms with Gasteiger partial charge in [-0.1, -0.05) is 23.9 Å². The van der Waals surface area contributed by atoms with Gasteiger partial charge in [-0.25, -0.2) is 4.98 Å². The fourth-order valence-corrected chi connectivity index (χ4v) is 5.58. The molecular weight excluding hydrogens is 434 g/mol. The molecule has 1 aromatic carbocycles. The predicted molar refractivity (Wildman–Crippen MR) is 123 cm³/mol. The van der Waals surface area contributed by atoms with Crippen LogP contribution in [-0.4, -0.2) is 57.1 Å². The van der Waals surface area contributed by atoms with E-state index in [1.54, 1.807) is 18.9 Å². The largest absolute Gasteiger partial charge is 0.497 e. The van der Waals surface area contributed by atoms with Crippen LogP contribution in [0.2, 0.25) is 0 Å². The molecule has 2 fully saturated rings. The van der Waals surface area contributed by atoms with Gasteiger partial charge in [0, 0.05) is 31.3 Å². The summed E-state index contributed by atoms with van der Waals surface area (Å²) in [5.74, 6) is 4.20. The molecule has 1 aliphatic heterocycles. The molecule has 2 aliphatic rings. The van der Waals surface area contributed by atoms with Gasteiger partial charge in [0.1, 0.15) is 5.75 Å². The van der Waals surface area contributed by atoms with Crippen LogP contribution < -0.4 is 4.74 Å². The van der Waals surface area contributed by atoms with Crippen molar-refractivity contribution >= 4 is 24.2 Å². The maximum atomic E-state index is 5.45. The van der Waals surface area contributed by atoms with Crippen LogP contribution in [0.3, 0.4) is 0 Å². The third-order valence-corrected chi connectivity index (χ3v) is 7.60. The molecular formula is C22H28ClN5O2S. The molecule has 3 aromatic rings. The molecule has 0 spiro atoms. The molecule has 31 heavy (non-hydrogen) atoms. The molecule has 7 nitrogen and oxygen atoms in total. The maximum Gasteiger partial charge on any atom is 0.202 e. The Kier molecular flexibility index (Phi) is 6.32. The predicted octanol–water partition coefficient (Wildman–Crippen LogP) is 3.96. The number of rotatable bonds is 8. The molecule has 5 rings (SSSR count). The number of ether oxygens (including phenoxy) is 1. The number of likely N-dealkylation sites (tertiary alicyclic amines) is 1. The standard InChI is InChI=1S/C22H27N5O2S.ClH/c1-15-19(29-14-23-15)20-24-25-21(26(20)2)30-9-5-8-27-12-17-11-22(17,13-27)16-6-4-7-18(10-16)28-3;/h4,6-7,10,14,17H,5,8-9,11-13H2,1-3H3;1H/t17-,22?;/m1./s1. The highest BCUT2D eigenvalue weighted by atomic mass is 35.5. The smallest absolute Gasteiger partial charge is 0.202 e. The van der Waals surface area contributed by atoms with E-state index in [9.17, 15) is 0 Å². The SMILES string of the molecule is COc1cccc(C23C[C@@H]2CN(CCCSc2nnc(-c4ocnc4C)n2C)C3)c1.Cl. The monoisotopic (exact) mass is 461 g/mol. The summed E-state index contributed by atoms with van der Waals surface area (Å²) >= 11 is 1.75. The fraction of sp³-hybridized carbons (Fsp3) is 0.500. The summed E-state index contributed by atoms with van der Waals surface area (Å²) < 4.78 is 12.9. The Bertz CT molecular complexity index is 1050. The van der Waals surface area contributed by atoms with E-state index in [0.29, 0.717) is 11.2 Å². The maximum absolute atomic E-state index is 5.45. The highest BCUT2D eigenvalue weighted by Crippen LogP contribution is 2.59. The molecule has 1 unspecified atom stereocenters. The van der Waals surface area contributed by atoms with Crippen molar-refractivity contribution in [3.63, 3.8) is 0 Å². The van der Waals surface area contributed by atoms with Gasteiger partial charge in [0.25, 0.3) is 0 Å². The molecule has 2 atom stereocenters. The first-order valence-corrected chi connectivity index (χ1v) is 11.4. The fourth-order valence-electron chi connectivity index (χ4n) is 4.74. The van der Waals surface area contributed by atoms with E-state index in [0.717, 1.165) is 53.6 Å². The number of thioether (sulfide) groups is 1. The molecule has 166 valence electrons. The average Bonchev–Trinajstić information content (AvgIpc) is 3.05. The lowest BCUT2D eigenvalue weighted by Gasteiger charge is -2.21. The zero-order chi connectivity index (χ0) is 20.7. The van der Waals surface area contributed by atoms with Crippen molar-refractivity contribution in [3.05, 3.63) is 41.9 Å². The highest BCUT2D eigenvalue weighted by molar-refractivity contribution is 7.99. The Hall–Kier alpha value is -2.03. The van der Waals surface area contributed by atoms with Crippen molar-refractivity contribution in [2.24, 2.45) is 13.0 Å². The zero-order valence-corrected chi connectivity index (χ0v) is 19.7. The third-order valence-electron chi connectivity index (χ3n) is 6.49. The molecule has 3 heterocycles. The van der Waals surface area contributed by atoms with E-state index in [-0.39, 0.29) is 12.4 Å². The van der Waals surface area contributed by atoms with Crippen LogP contribution in [0.5, 0.6) is 5.75 Å². The van der Waals surface area contributed by atoms with Crippen LogP contribution in [0.4, 0.5) is 0 Å². The topological polar surface area (TPSA) is 69.2 Å². The molecule has 1 saturated carbocycles. The summed E-state index contributed by atoms with van der Waals surface area (Å²) in [6.45, 7) is 5.41. The van der Waals surface area contributed by atoms with Gasteiger partial charge in [-0.3, -0.25) is 0 Å². The van der Waals surface area contributed by atoms with Crippen molar-refractivity contribution in [1.82, 2.24) is 24.6 Å². The number of aryl methyl sites for hydroxylation is 1. The average molecular weight is 462 g/mol. The number of fused-ring (bicyclic) bond motifs is 1. The number of aromatic nitrogens is 4. The van der Waals surface area contributed by atoms with Gasteiger partial charge in [-0.15, -0.1) is 22.6 Å². The summed E-state index contributed by atoms with van der Waals surface area (Å²) in [7, 11) is 3.72. The minimum absolute atomic E-state index is 0. The molecule has 0 radical (unpaired) electrons. The van der Waals surface area contributed by atoms with Crippen molar-refractivity contribution in [3.8, 4) is 17.3 Å². The van der Waals surface area contributed by atoms with E-state index in [2.05, 4.69) is 38.3 Å². The number of halogens is 1. The second-order valence-corrected chi connectivity index (χ2v) is 9.42. The lowest BCUT2D eigenvalue weighted by molar-refractivity contribution is 0.299. The Morgan fingerprint density at radius 1 is 1.32 bits per heavy atom. The minimum Gasteiger partial charge on any atom is -0.497 e. The molecule has 0 N–H and O–H groups in total. The molecule has 1 aliphatic carbocycles. The second kappa shape index (κ2) is 8.84. The molecule has 2 aromatic heterocycles. The number of methoxy groups -OCH3 is 1. The van der Waals surface area contributed by atoms with Gasteiger partial charge >= 0.3 is 0 Å².